The number of nitrogens with zero attached hydrogens (tertiary/aromatic N) is 1. The van der Waals surface area contributed by atoms with Gasteiger partial charge >= 0.3 is 5.97 Å². The summed E-state index contributed by atoms with van der Waals surface area (Å²) < 4.78 is 4.74. The van der Waals surface area contributed by atoms with Gasteiger partial charge in [0, 0.05) is 12.7 Å². The minimum Gasteiger partial charge on any atom is -0.467 e. The second-order valence-corrected chi connectivity index (χ2v) is 4.12. The minimum absolute atomic E-state index is 0.134. The van der Waals surface area contributed by atoms with Gasteiger partial charge in [0.2, 0.25) is 0 Å². The molecule has 1 aromatic heterocycles. The number of methoxy groups -OCH3 is 1. The number of carbonyl (C=O) groups is 2. The van der Waals surface area contributed by atoms with Crippen molar-refractivity contribution in [3.8, 4) is 0 Å². The maximum Gasteiger partial charge on any atom is 0.328 e. The van der Waals surface area contributed by atoms with Gasteiger partial charge in [0.05, 0.1) is 7.11 Å². The highest BCUT2D eigenvalue weighted by Crippen LogP contribution is 2.20. The van der Waals surface area contributed by atoms with Gasteiger partial charge < -0.3 is 14.6 Å². The Morgan fingerprint density at radius 1 is 1.47 bits per heavy atom. The zero-order valence-electron chi connectivity index (χ0n) is 9.81. The second-order valence-electron chi connectivity index (χ2n) is 4.12. The summed E-state index contributed by atoms with van der Waals surface area (Å²) in [4.78, 5) is 28.3. The highest BCUT2D eigenvalue weighted by atomic mass is 16.5. The quantitative estimate of drug-likeness (QED) is 0.784. The Bertz CT molecular complexity index is 400. The first-order valence-corrected chi connectivity index (χ1v) is 5.76. The van der Waals surface area contributed by atoms with E-state index in [2.05, 4.69) is 4.98 Å². The van der Waals surface area contributed by atoms with Crippen LogP contribution in [0.15, 0.2) is 18.3 Å². The lowest BCUT2D eigenvalue weighted by atomic mass is 10.0. The molecule has 5 nitrogen and oxygen atoms in total. The largest absolute Gasteiger partial charge is 0.467 e. The molecule has 1 fully saturated rings. The fourth-order valence-corrected chi connectivity index (χ4v) is 2.17. The van der Waals surface area contributed by atoms with E-state index in [-0.39, 0.29) is 11.9 Å². The van der Waals surface area contributed by atoms with Gasteiger partial charge in [0.15, 0.2) is 0 Å². The van der Waals surface area contributed by atoms with Gasteiger partial charge in [-0.25, -0.2) is 4.79 Å². The van der Waals surface area contributed by atoms with Crippen LogP contribution in [0, 0.1) is 0 Å². The number of carbonyl (C=O) groups excluding carboxylic acids is 2. The summed E-state index contributed by atoms with van der Waals surface area (Å²) in [6, 6.07) is 3.04. The molecule has 0 bridgehead atoms. The van der Waals surface area contributed by atoms with Gasteiger partial charge in [0.25, 0.3) is 5.91 Å². The highest BCUT2D eigenvalue weighted by Gasteiger charge is 2.33. The number of amides is 1. The van der Waals surface area contributed by atoms with E-state index in [1.54, 1.807) is 23.2 Å². The molecule has 5 heteroatoms. The molecule has 0 radical (unpaired) electrons. The monoisotopic (exact) mass is 236 g/mol. The molecule has 1 atom stereocenters. The maximum absolute atomic E-state index is 12.2. The lowest BCUT2D eigenvalue weighted by molar-refractivity contribution is -0.147. The van der Waals surface area contributed by atoms with E-state index in [1.807, 2.05) is 0 Å². The molecule has 0 saturated carbocycles. The number of aromatic nitrogens is 1. The third kappa shape index (κ3) is 2.33. The number of piperidine rings is 1. The molecule has 1 aliphatic heterocycles. The molecule has 1 amide bonds. The third-order valence-electron chi connectivity index (χ3n) is 3.07. The molecule has 17 heavy (non-hydrogen) atoms. The molecule has 0 unspecified atom stereocenters. The second kappa shape index (κ2) is 5.03. The summed E-state index contributed by atoms with van der Waals surface area (Å²) >= 11 is 0. The number of aromatic amines is 1. The van der Waals surface area contributed by atoms with Crippen molar-refractivity contribution < 1.29 is 14.3 Å². The molecule has 92 valence electrons. The lowest BCUT2D eigenvalue weighted by Gasteiger charge is -2.33. The zero-order valence-corrected chi connectivity index (χ0v) is 9.81. The Labute approximate surface area is 99.8 Å². The van der Waals surface area contributed by atoms with Gasteiger partial charge in [0.1, 0.15) is 11.7 Å². The third-order valence-corrected chi connectivity index (χ3v) is 3.07. The van der Waals surface area contributed by atoms with Crippen LogP contribution in [0.4, 0.5) is 0 Å². The minimum atomic E-state index is -0.440. The smallest absolute Gasteiger partial charge is 0.328 e. The lowest BCUT2D eigenvalue weighted by Crippen LogP contribution is -2.48. The normalized spacial score (nSPS) is 20.1. The van der Waals surface area contributed by atoms with Crippen molar-refractivity contribution in [1.82, 2.24) is 9.88 Å². The van der Waals surface area contributed by atoms with Crippen LogP contribution in [-0.2, 0) is 9.53 Å². The topological polar surface area (TPSA) is 62.4 Å². The summed E-state index contributed by atoms with van der Waals surface area (Å²) in [7, 11) is 1.36. The first kappa shape index (κ1) is 11.7. The van der Waals surface area contributed by atoms with Gasteiger partial charge in [-0.1, -0.05) is 0 Å². The molecular weight excluding hydrogens is 220 g/mol. The van der Waals surface area contributed by atoms with Crippen molar-refractivity contribution in [2.75, 3.05) is 13.7 Å². The van der Waals surface area contributed by atoms with Gasteiger partial charge in [-0.05, 0) is 31.4 Å². The summed E-state index contributed by atoms with van der Waals surface area (Å²) in [5.74, 6) is -0.463. The van der Waals surface area contributed by atoms with Crippen molar-refractivity contribution in [3.63, 3.8) is 0 Å². The van der Waals surface area contributed by atoms with E-state index >= 15 is 0 Å². The van der Waals surface area contributed by atoms with Crippen LogP contribution in [0.1, 0.15) is 29.8 Å². The molecule has 1 aromatic rings. The van der Waals surface area contributed by atoms with Crippen LogP contribution in [0.2, 0.25) is 0 Å². The number of H-pyrrole nitrogens is 1. The predicted molar refractivity (Wildman–Crippen MR) is 61.5 cm³/mol. The molecule has 2 rings (SSSR count). The molecule has 1 aliphatic rings. The van der Waals surface area contributed by atoms with Crippen molar-refractivity contribution in [2.45, 2.75) is 25.3 Å². The van der Waals surface area contributed by atoms with Crippen molar-refractivity contribution >= 4 is 11.9 Å². The standard InChI is InChI=1S/C12H16N2O3/c1-17-12(16)10-6-2-3-8-14(10)11(15)9-5-4-7-13-9/h4-5,7,10,13H,2-3,6,8H2,1H3/t10-/m1/s1. The molecular formula is C12H16N2O3. The average molecular weight is 236 g/mol. The highest BCUT2D eigenvalue weighted by molar-refractivity contribution is 5.95. The molecule has 0 spiro atoms. The molecule has 1 N–H and O–H groups in total. The molecule has 2 heterocycles. The fourth-order valence-electron chi connectivity index (χ4n) is 2.17. The summed E-state index contributed by atoms with van der Waals surface area (Å²) in [5, 5.41) is 0. The van der Waals surface area contributed by atoms with Gasteiger partial charge in [-0.15, -0.1) is 0 Å². The van der Waals surface area contributed by atoms with Crippen molar-refractivity contribution in [2.24, 2.45) is 0 Å². The zero-order chi connectivity index (χ0) is 12.3. The SMILES string of the molecule is COC(=O)[C@H]1CCCCN1C(=O)c1ccc[nH]1. The average Bonchev–Trinajstić information content (AvgIpc) is 2.91. The van der Waals surface area contributed by atoms with E-state index in [0.717, 1.165) is 12.8 Å². The molecule has 0 aromatic carbocycles. The van der Waals surface area contributed by atoms with Crippen LogP contribution in [0.3, 0.4) is 0 Å². The van der Waals surface area contributed by atoms with Gasteiger partial charge in [-0.3, -0.25) is 4.79 Å². The molecule has 1 saturated heterocycles. The first-order chi connectivity index (χ1) is 8.24. The van der Waals surface area contributed by atoms with Crippen molar-refractivity contribution in [1.29, 1.82) is 0 Å². The van der Waals surface area contributed by atoms with Crippen LogP contribution < -0.4 is 0 Å². The van der Waals surface area contributed by atoms with E-state index in [9.17, 15) is 9.59 Å². The predicted octanol–water partition coefficient (Wildman–Crippen LogP) is 1.18. The number of hydrogen-bond donors (Lipinski definition) is 1. The Hall–Kier alpha value is -1.78. The van der Waals surface area contributed by atoms with Crippen LogP contribution >= 0.6 is 0 Å². The van der Waals surface area contributed by atoms with E-state index in [1.165, 1.54) is 7.11 Å². The van der Waals surface area contributed by atoms with Crippen LogP contribution in [0.25, 0.3) is 0 Å². The Kier molecular flexibility index (Phi) is 3.46. The van der Waals surface area contributed by atoms with Crippen LogP contribution in [0.5, 0.6) is 0 Å². The van der Waals surface area contributed by atoms with Crippen LogP contribution in [-0.4, -0.2) is 41.5 Å². The number of hydrogen-bond acceptors (Lipinski definition) is 3. The van der Waals surface area contributed by atoms with Gasteiger partial charge in [-0.2, -0.15) is 0 Å². The number of nitrogens with one attached hydrogen (secondary N) is 1. The summed E-state index contributed by atoms with van der Waals surface area (Å²) in [6.45, 7) is 0.609. The number of esters is 1. The summed E-state index contributed by atoms with van der Waals surface area (Å²) in [6.07, 6.45) is 4.26. The molecule has 0 aliphatic carbocycles. The maximum atomic E-state index is 12.2. The number of ether oxygens (including phenoxy) is 1. The Balaban J connectivity index is 2.16. The number of rotatable bonds is 2. The summed E-state index contributed by atoms with van der Waals surface area (Å²) in [5.41, 5.74) is 0.515. The number of likely N-dealkylation sites (tertiary alicyclic amines) is 1. The van der Waals surface area contributed by atoms with E-state index in [4.69, 9.17) is 4.74 Å². The van der Waals surface area contributed by atoms with E-state index in [0.29, 0.717) is 18.7 Å². The van der Waals surface area contributed by atoms with Crippen molar-refractivity contribution in [3.05, 3.63) is 24.0 Å². The Morgan fingerprint density at radius 3 is 2.94 bits per heavy atom. The Morgan fingerprint density at radius 2 is 2.29 bits per heavy atom. The fraction of sp³-hybridized carbons (Fsp3) is 0.500. The first-order valence-electron chi connectivity index (χ1n) is 5.76. The van der Waals surface area contributed by atoms with E-state index < -0.39 is 6.04 Å².